The molecule has 4 nitrogen and oxygen atoms in total. The fourth-order valence-electron chi connectivity index (χ4n) is 1.46. The lowest BCUT2D eigenvalue weighted by Crippen LogP contribution is -2.41. The van der Waals surface area contributed by atoms with E-state index in [1.165, 1.54) is 0 Å². The first-order valence-electron chi connectivity index (χ1n) is 6.82. The van der Waals surface area contributed by atoms with E-state index in [0.29, 0.717) is 18.4 Å². The third-order valence-electron chi connectivity index (χ3n) is 2.79. The van der Waals surface area contributed by atoms with Crippen LogP contribution in [-0.2, 0) is 4.74 Å². The van der Waals surface area contributed by atoms with Crippen LogP contribution in [0.25, 0.3) is 0 Å². The van der Waals surface area contributed by atoms with Crippen LogP contribution in [0.4, 0.5) is 4.79 Å². The van der Waals surface area contributed by atoms with Gasteiger partial charge in [-0.1, -0.05) is 19.8 Å². The lowest BCUT2D eigenvalue weighted by atomic mass is 9.95. The summed E-state index contributed by atoms with van der Waals surface area (Å²) in [4.78, 5) is 11.6. The maximum Gasteiger partial charge on any atom is 0.407 e. The molecule has 1 amide bonds. The minimum Gasteiger partial charge on any atom is -0.444 e. The zero-order chi connectivity index (χ0) is 15.1. The summed E-state index contributed by atoms with van der Waals surface area (Å²) in [7, 11) is 0. The van der Waals surface area contributed by atoms with Crippen LogP contribution in [-0.4, -0.2) is 30.8 Å². The van der Waals surface area contributed by atoms with Gasteiger partial charge in [0.2, 0.25) is 0 Å². The molecule has 0 saturated carbocycles. The fourth-order valence-corrected chi connectivity index (χ4v) is 1.46. The van der Waals surface area contributed by atoms with E-state index in [-0.39, 0.29) is 12.1 Å². The normalized spacial score (nSPS) is 14.6. The van der Waals surface area contributed by atoms with Crippen molar-refractivity contribution in [3.8, 4) is 12.3 Å². The molecule has 0 radical (unpaired) electrons. The second-order valence-electron chi connectivity index (χ2n) is 6.18. The Bertz CT molecular complexity index is 313. The maximum absolute atomic E-state index is 11.6. The SMILES string of the molecule is C#CC(C)NCC(CNC(=O)OC(C)(C)C)C(C)C. The number of hydrogen-bond donors (Lipinski definition) is 2. The van der Waals surface area contributed by atoms with Gasteiger partial charge in [0.25, 0.3) is 0 Å². The minimum absolute atomic E-state index is 0.0442. The summed E-state index contributed by atoms with van der Waals surface area (Å²) in [5.41, 5.74) is -0.465. The van der Waals surface area contributed by atoms with Crippen molar-refractivity contribution in [2.75, 3.05) is 13.1 Å². The molecule has 2 N–H and O–H groups in total. The quantitative estimate of drug-likeness (QED) is 0.727. The highest BCUT2D eigenvalue weighted by Gasteiger charge is 2.19. The molecule has 0 aromatic heterocycles. The van der Waals surface area contributed by atoms with Crippen molar-refractivity contribution in [1.29, 1.82) is 0 Å². The summed E-state index contributed by atoms with van der Waals surface area (Å²) >= 11 is 0. The monoisotopic (exact) mass is 268 g/mol. The predicted octanol–water partition coefficient (Wildman–Crippen LogP) is 2.39. The zero-order valence-electron chi connectivity index (χ0n) is 13.0. The van der Waals surface area contributed by atoms with Crippen molar-refractivity contribution in [3.05, 3.63) is 0 Å². The van der Waals surface area contributed by atoms with Crippen molar-refractivity contribution in [3.63, 3.8) is 0 Å². The molecular formula is C15H28N2O2. The number of ether oxygens (including phenoxy) is 1. The van der Waals surface area contributed by atoms with Crippen LogP contribution >= 0.6 is 0 Å². The van der Waals surface area contributed by atoms with Crippen LogP contribution in [0.1, 0.15) is 41.5 Å². The first kappa shape index (κ1) is 17.8. The predicted molar refractivity (Wildman–Crippen MR) is 78.9 cm³/mol. The van der Waals surface area contributed by atoms with E-state index in [4.69, 9.17) is 11.2 Å². The number of nitrogens with one attached hydrogen (secondary N) is 2. The summed E-state index contributed by atoms with van der Waals surface area (Å²) in [6.07, 6.45) is 4.95. The number of carbonyl (C=O) groups is 1. The van der Waals surface area contributed by atoms with Crippen LogP contribution < -0.4 is 10.6 Å². The molecule has 0 fully saturated rings. The van der Waals surface area contributed by atoms with Gasteiger partial charge in [0.15, 0.2) is 0 Å². The molecular weight excluding hydrogens is 240 g/mol. The zero-order valence-corrected chi connectivity index (χ0v) is 13.0. The van der Waals surface area contributed by atoms with E-state index < -0.39 is 5.60 Å². The average Bonchev–Trinajstić information content (AvgIpc) is 2.25. The molecule has 0 saturated heterocycles. The number of rotatable bonds is 6. The molecule has 0 aliphatic carbocycles. The van der Waals surface area contributed by atoms with Crippen LogP contribution in [0.15, 0.2) is 0 Å². The van der Waals surface area contributed by atoms with Crippen molar-refractivity contribution < 1.29 is 9.53 Å². The third kappa shape index (κ3) is 9.38. The van der Waals surface area contributed by atoms with Crippen molar-refractivity contribution in [1.82, 2.24) is 10.6 Å². The Kier molecular flexibility index (Phi) is 7.55. The van der Waals surface area contributed by atoms with Gasteiger partial charge in [-0.05, 0) is 39.5 Å². The Hall–Kier alpha value is -1.21. The highest BCUT2D eigenvalue weighted by molar-refractivity contribution is 5.67. The van der Waals surface area contributed by atoms with E-state index in [1.807, 2.05) is 27.7 Å². The average molecular weight is 268 g/mol. The Labute approximate surface area is 117 Å². The van der Waals surface area contributed by atoms with Crippen LogP contribution in [0.2, 0.25) is 0 Å². The molecule has 2 atom stereocenters. The third-order valence-corrected chi connectivity index (χ3v) is 2.79. The molecule has 2 unspecified atom stereocenters. The van der Waals surface area contributed by atoms with Gasteiger partial charge in [0.05, 0.1) is 6.04 Å². The second-order valence-corrected chi connectivity index (χ2v) is 6.18. The van der Waals surface area contributed by atoms with E-state index in [9.17, 15) is 4.79 Å². The lowest BCUT2D eigenvalue weighted by Gasteiger charge is -2.24. The van der Waals surface area contributed by atoms with Crippen LogP contribution in [0.3, 0.4) is 0 Å². The minimum atomic E-state index is -0.465. The highest BCUT2D eigenvalue weighted by Crippen LogP contribution is 2.10. The first-order chi connectivity index (χ1) is 8.65. The smallest absolute Gasteiger partial charge is 0.407 e. The summed E-state index contributed by atoms with van der Waals surface area (Å²) in [5.74, 6) is 3.41. The molecule has 110 valence electrons. The molecule has 0 heterocycles. The topological polar surface area (TPSA) is 50.4 Å². The Morgan fingerprint density at radius 2 is 1.84 bits per heavy atom. The molecule has 4 heteroatoms. The van der Waals surface area contributed by atoms with Gasteiger partial charge in [-0.3, -0.25) is 0 Å². The Morgan fingerprint density at radius 1 is 1.26 bits per heavy atom. The van der Waals surface area contributed by atoms with Crippen LogP contribution in [0.5, 0.6) is 0 Å². The largest absolute Gasteiger partial charge is 0.444 e. The molecule has 0 aromatic rings. The maximum atomic E-state index is 11.6. The Balaban J connectivity index is 4.15. The van der Waals surface area contributed by atoms with E-state index in [1.54, 1.807) is 0 Å². The van der Waals surface area contributed by atoms with Crippen LogP contribution in [0, 0.1) is 24.2 Å². The molecule has 19 heavy (non-hydrogen) atoms. The number of hydrogen-bond acceptors (Lipinski definition) is 3. The molecule has 0 aliphatic rings. The summed E-state index contributed by atoms with van der Waals surface area (Å²) < 4.78 is 5.21. The molecule has 0 spiro atoms. The summed E-state index contributed by atoms with van der Waals surface area (Å²) in [6, 6.07) is 0.0442. The van der Waals surface area contributed by atoms with Crippen molar-refractivity contribution in [2.24, 2.45) is 11.8 Å². The van der Waals surface area contributed by atoms with Gasteiger partial charge in [-0.2, -0.15) is 0 Å². The van der Waals surface area contributed by atoms with Gasteiger partial charge < -0.3 is 15.4 Å². The van der Waals surface area contributed by atoms with Gasteiger partial charge in [-0.25, -0.2) is 4.79 Å². The van der Waals surface area contributed by atoms with Crippen molar-refractivity contribution >= 4 is 6.09 Å². The van der Waals surface area contributed by atoms with E-state index >= 15 is 0 Å². The van der Waals surface area contributed by atoms with Gasteiger partial charge in [0.1, 0.15) is 5.60 Å². The summed E-state index contributed by atoms with van der Waals surface area (Å²) in [6.45, 7) is 13.1. The molecule has 0 aliphatic heterocycles. The van der Waals surface area contributed by atoms with Gasteiger partial charge in [-0.15, -0.1) is 6.42 Å². The number of alkyl carbamates (subject to hydrolysis) is 1. The standard InChI is InChI=1S/C15H28N2O2/c1-8-12(4)16-9-13(11(2)3)10-17-14(18)19-15(5,6)7/h1,11-13,16H,9-10H2,2-7H3,(H,17,18). The fraction of sp³-hybridized carbons (Fsp3) is 0.800. The first-order valence-corrected chi connectivity index (χ1v) is 6.82. The molecule has 0 bridgehead atoms. The summed E-state index contributed by atoms with van der Waals surface area (Å²) in [5, 5.41) is 6.07. The number of amides is 1. The molecule has 0 aromatic carbocycles. The Morgan fingerprint density at radius 3 is 2.26 bits per heavy atom. The van der Waals surface area contributed by atoms with Crippen molar-refractivity contribution in [2.45, 2.75) is 53.2 Å². The van der Waals surface area contributed by atoms with Gasteiger partial charge >= 0.3 is 6.09 Å². The molecule has 0 rings (SSSR count). The van der Waals surface area contributed by atoms with E-state index in [2.05, 4.69) is 30.4 Å². The van der Waals surface area contributed by atoms with Gasteiger partial charge in [0, 0.05) is 13.1 Å². The number of carbonyl (C=O) groups excluding carboxylic acids is 1. The van der Waals surface area contributed by atoms with E-state index in [0.717, 1.165) is 6.54 Å². The highest BCUT2D eigenvalue weighted by atomic mass is 16.6. The lowest BCUT2D eigenvalue weighted by molar-refractivity contribution is 0.0515. The number of terminal acetylenes is 1. The second kappa shape index (κ2) is 8.06.